The normalized spacial score (nSPS) is 18.1. The van der Waals surface area contributed by atoms with E-state index in [9.17, 15) is 9.59 Å². The first-order valence-electron chi connectivity index (χ1n) is 11.5. The van der Waals surface area contributed by atoms with Gasteiger partial charge in [0.2, 0.25) is 5.91 Å². The Morgan fingerprint density at radius 1 is 1.12 bits per heavy atom. The van der Waals surface area contributed by atoms with Crippen LogP contribution in [0.1, 0.15) is 51.0 Å². The number of aromatic nitrogens is 2. The lowest BCUT2D eigenvalue weighted by Gasteiger charge is -2.42. The maximum Gasteiger partial charge on any atom is 0.266 e. The molecule has 2 aromatic carbocycles. The second-order valence-electron chi connectivity index (χ2n) is 8.82. The summed E-state index contributed by atoms with van der Waals surface area (Å²) in [5.74, 6) is 0.964. The molecule has 1 aromatic heterocycles. The van der Waals surface area contributed by atoms with Gasteiger partial charge in [-0.2, -0.15) is 0 Å². The number of nitrogens with zero attached hydrogens (tertiary/aromatic N) is 4. The van der Waals surface area contributed by atoms with Gasteiger partial charge in [0.15, 0.2) is 0 Å². The monoisotopic (exact) mass is 432 g/mol. The van der Waals surface area contributed by atoms with Crippen LogP contribution in [-0.2, 0) is 4.79 Å². The number of amides is 1. The van der Waals surface area contributed by atoms with Crippen molar-refractivity contribution in [1.29, 1.82) is 0 Å². The van der Waals surface area contributed by atoms with Crippen molar-refractivity contribution in [3.8, 4) is 5.69 Å². The third-order valence-electron chi connectivity index (χ3n) is 6.46. The Labute approximate surface area is 189 Å². The molecule has 1 aliphatic rings. The first-order valence-corrected chi connectivity index (χ1v) is 11.5. The zero-order chi connectivity index (χ0) is 22.8. The van der Waals surface area contributed by atoms with Crippen LogP contribution in [0.15, 0.2) is 53.3 Å². The smallest absolute Gasteiger partial charge is 0.266 e. The summed E-state index contributed by atoms with van der Waals surface area (Å²) >= 11 is 0. The number of para-hydroxylation sites is 1. The van der Waals surface area contributed by atoms with Gasteiger partial charge in [-0.05, 0) is 51.5 Å². The van der Waals surface area contributed by atoms with Crippen molar-refractivity contribution >= 4 is 16.8 Å². The number of piperazine rings is 1. The molecule has 6 heteroatoms. The molecule has 0 bridgehead atoms. The molecule has 1 amide bonds. The van der Waals surface area contributed by atoms with E-state index in [0.29, 0.717) is 23.9 Å². The fourth-order valence-corrected chi connectivity index (χ4v) is 4.60. The summed E-state index contributed by atoms with van der Waals surface area (Å²) in [4.78, 5) is 35.3. The average Bonchev–Trinajstić information content (AvgIpc) is 2.79. The van der Waals surface area contributed by atoms with E-state index >= 15 is 0 Å². The third kappa shape index (κ3) is 4.19. The number of rotatable bonds is 5. The fourth-order valence-electron chi connectivity index (χ4n) is 4.60. The Bertz CT molecular complexity index is 1170. The number of carbonyl (C=O) groups is 1. The highest BCUT2D eigenvalue weighted by Gasteiger charge is 2.31. The van der Waals surface area contributed by atoms with Crippen LogP contribution in [0.3, 0.4) is 0 Å². The first kappa shape index (κ1) is 22.2. The second-order valence-corrected chi connectivity index (χ2v) is 8.82. The van der Waals surface area contributed by atoms with Crippen molar-refractivity contribution in [2.45, 2.75) is 52.6 Å². The van der Waals surface area contributed by atoms with E-state index < -0.39 is 0 Å². The standard InChI is InChI=1S/C26H32N4O2/c1-5-8-24(31)29-16-15-28(17-19(29)3)20(4)25-27-23-10-7-6-9-22(23)26(32)30(25)21-13-11-18(2)12-14-21/h6-7,9-14,19-20H,5,8,15-17H2,1-4H3. The van der Waals surface area contributed by atoms with E-state index in [1.807, 2.05) is 67.3 Å². The summed E-state index contributed by atoms with van der Waals surface area (Å²) < 4.78 is 1.76. The first-order chi connectivity index (χ1) is 15.4. The quantitative estimate of drug-likeness (QED) is 0.609. The highest BCUT2D eigenvalue weighted by Crippen LogP contribution is 2.25. The highest BCUT2D eigenvalue weighted by atomic mass is 16.2. The minimum Gasteiger partial charge on any atom is -0.337 e. The Morgan fingerprint density at radius 2 is 1.84 bits per heavy atom. The molecule has 0 radical (unpaired) electrons. The van der Waals surface area contributed by atoms with E-state index in [2.05, 4.69) is 18.7 Å². The van der Waals surface area contributed by atoms with Crippen LogP contribution in [0.4, 0.5) is 0 Å². The van der Waals surface area contributed by atoms with Crippen molar-refractivity contribution in [3.63, 3.8) is 0 Å². The fraction of sp³-hybridized carbons (Fsp3) is 0.423. The van der Waals surface area contributed by atoms with Gasteiger partial charge < -0.3 is 4.90 Å². The van der Waals surface area contributed by atoms with Gasteiger partial charge in [-0.25, -0.2) is 4.98 Å². The minimum absolute atomic E-state index is 0.0499. The van der Waals surface area contributed by atoms with Crippen LogP contribution in [-0.4, -0.2) is 50.9 Å². The van der Waals surface area contributed by atoms with Crippen LogP contribution in [0.5, 0.6) is 0 Å². The lowest BCUT2D eigenvalue weighted by Crippen LogP contribution is -2.54. The largest absolute Gasteiger partial charge is 0.337 e. The molecule has 2 heterocycles. The predicted molar refractivity (Wildman–Crippen MR) is 128 cm³/mol. The van der Waals surface area contributed by atoms with E-state index in [1.54, 1.807) is 4.57 Å². The molecular weight excluding hydrogens is 400 g/mol. The molecule has 2 atom stereocenters. The average molecular weight is 433 g/mol. The maximum absolute atomic E-state index is 13.6. The molecule has 4 rings (SSSR count). The summed E-state index contributed by atoms with van der Waals surface area (Å²) in [6.45, 7) is 10.5. The van der Waals surface area contributed by atoms with Gasteiger partial charge in [-0.1, -0.05) is 36.8 Å². The highest BCUT2D eigenvalue weighted by molar-refractivity contribution is 5.78. The topological polar surface area (TPSA) is 58.4 Å². The van der Waals surface area contributed by atoms with E-state index in [-0.39, 0.29) is 23.6 Å². The molecule has 168 valence electrons. The summed E-state index contributed by atoms with van der Waals surface area (Å²) in [6.07, 6.45) is 1.46. The number of carbonyl (C=O) groups excluding carboxylic acids is 1. The van der Waals surface area contributed by atoms with E-state index in [1.165, 1.54) is 0 Å². The SMILES string of the molecule is CCCC(=O)N1CCN(C(C)c2nc3ccccc3c(=O)n2-c2ccc(C)cc2)CC1C. The van der Waals surface area contributed by atoms with Gasteiger partial charge in [0.1, 0.15) is 5.82 Å². The summed E-state index contributed by atoms with van der Waals surface area (Å²) in [7, 11) is 0. The van der Waals surface area contributed by atoms with Gasteiger partial charge in [-0.3, -0.25) is 19.1 Å². The number of aryl methyl sites for hydroxylation is 1. The molecule has 3 aromatic rings. The Kier molecular flexibility index (Phi) is 6.42. The summed E-state index contributed by atoms with van der Waals surface area (Å²) in [6, 6.07) is 15.6. The molecule has 6 nitrogen and oxygen atoms in total. The number of hydrogen-bond donors (Lipinski definition) is 0. The predicted octanol–water partition coefficient (Wildman–Crippen LogP) is 4.09. The third-order valence-corrected chi connectivity index (χ3v) is 6.46. The zero-order valence-corrected chi connectivity index (χ0v) is 19.4. The van der Waals surface area contributed by atoms with Crippen LogP contribution in [0.25, 0.3) is 16.6 Å². The summed E-state index contributed by atoms with van der Waals surface area (Å²) in [5.41, 5.74) is 2.64. The molecule has 2 unspecified atom stereocenters. The minimum atomic E-state index is -0.0699. The molecular formula is C26H32N4O2. The molecule has 1 aliphatic heterocycles. The van der Waals surface area contributed by atoms with Gasteiger partial charge in [-0.15, -0.1) is 0 Å². The van der Waals surface area contributed by atoms with E-state index in [0.717, 1.165) is 36.6 Å². The van der Waals surface area contributed by atoms with E-state index in [4.69, 9.17) is 4.98 Å². The second kappa shape index (κ2) is 9.25. The van der Waals surface area contributed by atoms with Gasteiger partial charge in [0, 0.05) is 32.1 Å². The van der Waals surface area contributed by atoms with Crippen molar-refractivity contribution in [3.05, 3.63) is 70.3 Å². The van der Waals surface area contributed by atoms with Gasteiger partial charge in [0.25, 0.3) is 5.56 Å². The molecule has 0 spiro atoms. The lowest BCUT2D eigenvalue weighted by atomic mass is 10.1. The molecule has 1 fully saturated rings. The zero-order valence-electron chi connectivity index (χ0n) is 19.4. The van der Waals surface area contributed by atoms with Crippen LogP contribution in [0, 0.1) is 6.92 Å². The van der Waals surface area contributed by atoms with Gasteiger partial charge >= 0.3 is 0 Å². The molecule has 0 aliphatic carbocycles. The molecule has 32 heavy (non-hydrogen) atoms. The lowest BCUT2D eigenvalue weighted by molar-refractivity contribution is -0.136. The van der Waals surface area contributed by atoms with Crippen LogP contribution in [0.2, 0.25) is 0 Å². The van der Waals surface area contributed by atoms with Crippen LogP contribution >= 0.6 is 0 Å². The number of fused-ring (bicyclic) bond motifs is 1. The molecule has 1 saturated heterocycles. The Morgan fingerprint density at radius 3 is 2.53 bits per heavy atom. The van der Waals surface area contributed by atoms with Gasteiger partial charge in [0.05, 0.1) is 22.6 Å². The van der Waals surface area contributed by atoms with Crippen molar-refractivity contribution in [1.82, 2.24) is 19.4 Å². The van der Waals surface area contributed by atoms with Crippen molar-refractivity contribution in [2.75, 3.05) is 19.6 Å². The molecule has 0 saturated carbocycles. The summed E-state index contributed by atoms with van der Waals surface area (Å²) in [5, 5.41) is 0.618. The Hall–Kier alpha value is -2.99. The Balaban J connectivity index is 1.73. The maximum atomic E-state index is 13.6. The van der Waals surface area contributed by atoms with Crippen LogP contribution < -0.4 is 5.56 Å². The number of benzene rings is 2. The number of hydrogen-bond acceptors (Lipinski definition) is 4. The van der Waals surface area contributed by atoms with Crippen molar-refractivity contribution in [2.24, 2.45) is 0 Å². The molecule has 0 N–H and O–H groups in total. The van der Waals surface area contributed by atoms with Crippen molar-refractivity contribution < 1.29 is 4.79 Å².